The van der Waals surface area contributed by atoms with E-state index in [1.165, 1.54) is 0 Å². The van der Waals surface area contributed by atoms with Gasteiger partial charge >= 0.3 is 0 Å². The lowest BCUT2D eigenvalue weighted by atomic mass is 9.85. The van der Waals surface area contributed by atoms with Crippen molar-refractivity contribution in [2.75, 3.05) is 0 Å². The highest BCUT2D eigenvalue weighted by molar-refractivity contribution is 5.81. The first-order valence-electron chi connectivity index (χ1n) is 5.98. The molecule has 0 aliphatic carbocycles. The van der Waals surface area contributed by atoms with Crippen LogP contribution in [0.2, 0.25) is 0 Å². The van der Waals surface area contributed by atoms with Gasteiger partial charge in [0.2, 0.25) is 5.91 Å². The Bertz CT molecular complexity index is 552. The van der Waals surface area contributed by atoms with Crippen molar-refractivity contribution in [2.24, 2.45) is 11.5 Å². The van der Waals surface area contributed by atoms with Crippen molar-refractivity contribution >= 4 is 5.91 Å². The van der Waals surface area contributed by atoms with Gasteiger partial charge in [-0.15, -0.1) is 0 Å². The Morgan fingerprint density at radius 1 is 0.947 bits per heavy atom. The molecule has 0 fully saturated rings. The Morgan fingerprint density at radius 2 is 1.47 bits per heavy atom. The summed E-state index contributed by atoms with van der Waals surface area (Å²) in [5.41, 5.74) is 13.0. The third kappa shape index (κ3) is 2.92. The number of nitrogens with two attached hydrogens (primary N) is 2. The molecule has 0 aliphatic rings. The molecular formula is C15H16N2O2. The molecule has 0 spiro atoms. The number of carbonyl (C=O) groups is 1. The third-order valence-electron chi connectivity index (χ3n) is 3.10. The Labute approximate surface area is 111 Å². The van der Waals surface area contributed by atoms with Crippen molar-refractivity contribution in [3.63, 3.8) is 0 Å². The zero-order valence-corrected chi connectivity index (χ0v) is 10.4. The van der Waals surface area contributed by atoms with E-state index in [1.807, 2.05) is 30.3 Å². The highest BCUT2D eigenvalue weighted by Crippen LogP contribution is 2.28. The predicted octanol–water partition coefficient (Wildman–Crippen LogP) is 1.34. The van der Waals surface area contributed by atoms with E-state index >= 15 is 0 Å². The highest BCUT2D eigenvalue weighted by Gasteiger charge is 2.25. The minimum atomic E-state index is -0.813. The molecule has 5 N–H and O–H groups in total. The number of carbonyl (C=O) groups excluding carboxylic acids is 1. The summed E-state index contributed by atoms with van der Waals surface area (Å²) in [4.78, 5) is 11.4. The summed E-state index contributed by atoms with van der Waals surface area (Å²) < 4.78 is 0. The summed E-state index contributed by atoms with van der Waals surface area (Å²) in [7, 11) is 0. The second-order valence-electron chi connectivity index (χ2n) is 4.41. The maximum Gasteiger partial charge on any atom is 0.235 e. The molecule has 0 aromatic heterocycles. The van der Waals surface area contributed by atoms with Gasteiger partial charge in [0.05, 0.1) is 6.04 Å². The summed E-state index contributed by atoms with van der Waals surface area (Å²) in [6.45, 7) is 0. The number of benzene rings is 2. The Hall–Kier alpha value is -2.33. The molecule has 0 radical (unpaired) electrons. The molecule has 0 saturated carbocycles. The standard InChI is InChI=1S/C15H16N2O2/c16-14(15(17)19)13(10-4-2-1-3-5-10)11-6-8-12(18)9-7-11/h1-9,13-14,18H,16H2,(H2,17,19)/t13?,14-/m0/s1. The summed E-state index contributed by atoms with van der Waals surface area (Å²) in [5.74, 6) is -0.704. The van der Waals surface area contributed by atoms with E-state index in [2.05, 4.69) is 0 Å². The molecule has 4 heteroatoms. The quantitative estimate of drug-likeness (QED) is 0.771. The minimum Gasteiger partial charge on any atom is -0.508 e. The van der Waals surface area contributed by atoms with Gasteiger partial charge in [-0.25, -0.2) is 0 Å². The topological polar surface area (TPSA) is 89.3 Å². The fraction of sp³-hybridized carbons (Fsp3) is 0.133. The van der Waals surface area contributed by atoms with E-state index in [1.54, 1.807) is 24.3 Å². The molecular weight excluding hydrogens is 240 g/mol. The van der Waals surface area contributed by atoms with Crippen molar-refractivity contribution in [2.45, 2.75) is 12.0 Å². The van der Waals surface area contributed by atoms with E-state index in [9.17, 15) is 9.90 Å². The van der Waals surface area contributed by atoms with Gasteiger partial charge in [-0.05, 0) is 23.3 Å². The molecule has 0 bridgehead atoms. The number of hydrogen-bond acceptors (Lipinski definition) is 3. The van der Waals surface area contributed by atoms with Gasteiger partial charge in [0, 0.05) is 5.92 Å². The van der Waals surface area contributed by atoms with Gasteiger partial charge in [0.15, 0.2) is 0 Å². The molecule has 2 atom stereocenters. The summed E-state index contributed by atoms with van der Waals surface area (Å²) in [6.07, 6.45) is 0. The maximum absolute atomic E-state index is 11.4. The molecule has 0 saturated heterocycles. The van der Waals surface area contributed by atoms with Crippen LogP contribution in [0.3, 0.4) is 0 Å². The molecule has 19 heavy (non-hydrogen) atoms. The Balaban J connectivity index is 2.45. The molecule has 2 aromatic carbocycles. The lowest BCUT2D eigenvalue weighted by molar-refractivity contribution is -0.119. The van der Waals surface area contributed by atoms with Crippen LogP contribution in [-0.4, -0.2) is 17.1 Å². The zero-order chi connectivity index (χ0) is 13.8. The van der Waals surface area contributed by atoms with E-state index in [4.69, 9.17) is 11.5 Å². The van der Waals surface area contributed by atoms with Crippen molar-refractivity contribution in [1.82, 2.24) is 0 Å². The number of primary amides is 1. The normalized spacial score (nSPS) is 13.7. The van der Waals surface area contributed by atoms with Crippen LogP contribution < -0.4 is 11.5 Å². The predicted molar refractivity (Wildman–Crippen MR) is 73.6 cm³/mol. The van der Waals surface area contributed by atoms with Crippen molar-refractivity contribution in [1.29, 1.82) is 0 Å². The fourth-order valence-electron chi connectivity index (χ4n) is 2.11. The lowest BCUT2D eigenvalue weighted by Crippen LogP contribution is -2.41. The van der Waals surface area contributed by atoms with Gasteiger partial charge in [0.1, 0.15) is 5.75 Å². The number of rotatable bonds is 4. The van der Waals surface area contributed by atoms with Crippen LogP contribution in [0.5, 0.6) is 5.75 Å². The number of aromatic hydroxyl groups is 1. The number of hydrogen-bond donors (Lipinski definition) is 3. The molecule has 1 unspecified atom stereocenters. The van der Waals surface area contributed by atoms with Crippen LogP contribution in [0.15, 0.2) is 54.6 Å². The average Bonchev–Trinajstić information content (AvgIpc) is 2.42. The molecule has 2 aromatic rings. The SMILES string of the molecule is NC(=O)[C@@H](N)C(c1ccccc1)c1ccc(O)cc1. The van der Waals surface area contributed by atoms with Crippen molar-refractivity contribution in [3.05, 3.63) is 65.7 Å². The molecule has 1 amide bonds. The van der Waals surface area contributed by atoms with Crippen LogP contribution in [0.25, 0.3) is 0 Å². The third-order valence-corrected chi connectivity index (χ3v) is 3.10. The van der Waals surface area contributed by atoms with Crippen LogP contribution in [0.1, 0.15) is 17.0 Å². The average molecular weight is 256 g/mol. The molecule has 4 nitrogen and oxygen atoms in total. The monoisotopic (exact) mass is 256 g/mol. The van der Waals surface area contributed by atoms with Crippen molar-refractivity contribution in [3.8, 4) is 5.75 Å². The fourth-order valence-corrected chi connectivity index (χ4v) is 2.11. The first-order chi connectivity index (χ1) is 9.09. The second kappa shape index (κ2) is 5.54. The maximum atomic E-state index is 11.4. The van der Waals surface area contributed by atoms with Gasteiger partial charge < -0.3 is 16.6 Å². The molecule has 2 rings (SSSR count). The lowest BCUT2D eigenvalue weighted by Gasteiger charge is -2.22. The van der Waals surface area contributed by atoms with E-state index in [0.29, 0.717) is 0 Å². The minimum absolute atomic E-state index is 0.170. The smallest absolute Gasteiger partial charge is 0.235 e. The molecule has 0 aliphatic heterocycles. The largest absolute Gasteiger partial charge is 0.508 e. The van der Waals surface area contributed by atoms with Crippen LogP contribution >= 0.6 is 0 Å². The first-order valence-corrected chi connectivity index (χ1v) is 5.98. The second-order valence-corrected chi connectivity index (χ2v) is 4.41. The van der Waals surface area contributed by atoms with Gasteiger partial charge in [-0.2, -0.15) is 0 Å². The Kier molecular flexibility index (Phi) is 3.82. The zero-order valence-electron chi connectivity index (χ0n) is 10.4. The van der Waals surface area contributed by atoms with Crippen LogP contribution in [-0.2, 0) is 4.79 Å². The number of phenolic OH excluding ortho intramolecular Hbond substituents is 1. The molecule has 0 heterocycles. The van der Waals surface area contributed by atoms with Crippen LogP contribution in [0, 0.1) is 0 Å². The van der Waals surface area contributed by atoms with Gasteiger partial charge in [-0.1, -0.05) is 42.5 Å². The first kappa shape index (κ1) is 13.1. The van der Waals surface area contributed by atoms with E-state index in [-0.39, 0.29) is 11.7 Å². The van der Waals surface area contributed by atoms with E-state index in [0.717, 1.165) is 11.1 Å². The van der Waals surface area contributed by atoms with E-state index < -0.39 is 11.9 Å². The summed E-state index contributed by atoms with van der Waals surface area (Å²) >= 11 is 0. The Morgan fingerprint density at radius 3 is 2.00 bits per heavy atom. The highest BCUT2D eigenvalue weighted by atomic mass is 16.3. The van der Waals surface area contributed by atoms with Gasteiger partial charge in [0.25, 0.3) is 0 Å². The number of phenols is 1. The van der Waals surface area contributed by atoms with Gasteiger partial charge in [-0.3, -0.25) is 4.79 Å². The summed E-state index contributed by atoms with van der Waals surface area (Å²) in [5, 5.41) is 9.33. The summed E-state index contributed by atoms with van der Waals surface area (Å²) in [6, 6.07) is 15.3. The van der Waals surface area contributed by atoms with Crippen molar-refractivity contribution < 1.29 is 9.90 Å². The number of amides is 1. The van der Waals surface area contributed by atoms with Crippen LogP contribution in [0.4, 0.5) is 0 Å². The molecule has 98 valence electrons.